The van der Waals surface area contributed by atoms with Crippen LogP contribution in [-0.2, 0) is 7.05 Å². The number of fused-ring (bicyclic) bond motifs is 1. The Kier molecular flexibility index (Phi) is 4.61. The summed E-state index contributed by atoms with van der Waals surface area (Å²) in [7, 11) is 1.63. The van der Waals surface area contributed by atoms with Crippen LogP contribution in [0.15, 0.2) is 41.5 Å². The van der Waals surface area contributed by atoms with Crippen LogP contribution in [0.25, 0.3) is 16.9 Å². The van der Waals surface area contributed by atoms with Gasteiger partial charge in [0.1, 0.15) is 5.69 Å². The molecule has 0 unspecified atom stereocenters. The molecule has 2 aromatic heterocycles. The number of hydrogen-bond acceptors (Lipinski definition) is 4. The number of aromatic nitrogens is 3. The minimum atomic E-state index is -0.452. The van der Waals surface area contributed by atoms with Gasteiger partial charge in [0.05, 0.1) is 12.3 Å². The smallest absolute Gasteiger partial charge is 0.294 e. The molecule has 1 atom stereocenters. The summed E-state index contributed by atoms with van der Waals surface area (Å²) in [5.74, 6) is -0.452. The van der Waals surface area contributed by atoms with Gasteiger partial charge in [-0.3, -0.25) is 14.0 Å². The largest absolute Gasteiger partial charge is 0.394 e. The number of carbonyl (C=O) groups excluding carboxylic acids is 1. The fourth-order valence-electron chi connectivity index (χ4n) is 2.50. The number of hydrogen-bond donors (Lipinski definition) is 2. The van der Waals surface area contributed by atoms with Crippen molar-refractivity contribution in [1.82, 2.24) is 19.3 Å². The van der Waals surface area contributed by atoms with Gasteiger partial charge in [-0.2, -0.15) is 0 Å². The summed E-state index contributed by atoms with van der Waals surface area (Å²) in [5.41, 5.74) is 1.22. The van der Waals surface area contributed by atoms with E-state index in [0.29, 0.717) is 16.3 Å². The minimum Gasteiger partial charge on any atom is -0.394 e. The van der Waals surface area contributed by atoms with Crippen LogP contribution in [0.5, 0.6) is 0 Å². The van der Waals surface area contributed by atoms with Crippen LogP contribution in [0.4, 0.5) is 0 Å². The predicted octanol–water partition coefficient (Wildman–Crippen LogP) is 1.46. The van der Waals surface area contributed by atoms with Crippen molar-refractivity contribution >= 4 is 23.2 Å². The van der Waals surface area contributed by atoms with Crippen molar-refractivity contribution in [2.45, 2.75) is 13.0 Å². The topological polar surface area (TPSA) is 88.6 Å². The van der Waals surface area contributed by atoms with Crippen molar-refractivity contribution in [3.05, 3.63) is 57.7 Å². The van der Waals surface area contributed by atoms with Crippen LogP contribution in [0.2, 0.25) is 5.02 Å². The summed E-state index contributed by atoms with van der Waals surface area (Å²) in [6.45, 7) is 1.49. The summed E-state index contributed by atoms with van der Waals surface area (Å²) < 4.78 is 2.96. The first-order valence-corrected chi connectivity index (χ1v) is 8.05. The second-order valence-electron chi connectivity index (χ2n) is 5.77. The Bertz CT molecular complexity index is 1010. The second-order valence-corrected chi connectivity index (χ2v) is 6.18. The van der Waals surface area contributed by atoms with E-state index in [2.05, 4.69) is 10.3 Å². The van der Waals surface area contributed by atoms with Gasteiger partial charge in [-0.15, -0.1) is 0 Å². The Morgan fingerprint density at radius 2 is 2.08 bits per heavy atom. The van der Waals surface area contributed by atoms with E-state index in [9.17, 15) is 9.59 Å². The molecular weight excluding hydrogens is 344 g/mol. The molecule has 0 aliphatic heterocycles. The number of halogens is 1. The first-order valence-electron chi connectivity index (χ1n) is 7.67. The molecule has 0 saturated carbocycles. The maximum absolute atomic E-state index is 12.6. The number of amides is 1. The highest BCUT2D eigenvalue weighted by atomic mass is 35.5. The molecule has 0 fully saturated rings. The van der Waals surface area contributed by atoms with E-state index in [1.807, 2.05) is 18.2 Å². The lowest BCUT2D eigenvalue weighted by Crippen LogP contribution is -2.35. The van der Waals surface area contributed by atoms with Crippen LogP contribution in [0, 0.1) is 0 Å². The molecule has 0 spiro atoms. The second kappa shape index (κ2) is 6.70. The maximum atomic E-state index is 12.6. The summed E-state index contributed by atoms with van der Waals surface area (Å²) in [6, 6.07) is 6.80. The zero-order valence-electron chi connectivity index (χ0n) is 13.7. The fourth-order valence-corrected chi connectivity index (χ4v) is 2.73. The lowest BCUT2D eigenvalue weighted by atomic mass is 10.1. The van der Waals surface area contributed by atoms with Gasteiger partial charge >= 0.3 is 0 Å². The normalized spacial score (nSPS) is 12.3. The molecule has 8 heteroatoms. The lowest BCUT2D eigenvalue weighted by Gasteiger charge is -2.10. The van der Waals surface area contributed by atoms with E-state index < -0.39 is 11.9 Å². The highest BCUT2D eigenvalue weighted by Gasteiger charge is 2.17. The molecule has 25 heavy (non-hydrogen) atoms. The Morgan fingerprint density at radius 1 is 1.36 bits per heavy atom. The molecule has 3 rings (SSSR count). The van der Waals surface area contributed by atoms with Crippen LogP contribution < -0.4 is 10.9 Å². The summed E-state index contributed by atoms with van der Waals surface area (Å²) in [5, 5.41) is 12.2. The highest BCUT2D eigenvalue weighted by Crippen LogP contribution is 2.26. The van der Waals surface area contributed by atoms with Gasteiger partial charge < -0.3 is 15.0 Å². The van der Waals surface area contributed by atoms with E-state index in [4.69, 9.17) is 16.7 Å². The molecule has 130 valence electrons. The van der Waals surface area contributed by atoms with Crippen LogP contribution in [0.1, 0.15) is 17.4 Å². The quantitative estimate of drug-likeness (QED) is 0.737. The molecule has 0 saturated heterocycles. The molecule has 3 aromatic rings. The van der Waals surface area contributed by atoms with Crippen LogP contribution in [-0.4, -0.2) is 37.6 Å². The predicted molar refractivity (Wildman–Crippen MR) is 94.9 cm³/mol. The summed E-state index contributed by atoms with van der Waals surface area (Å²) >= 11 is 6.24. The molecule has 7 nitrogen and oxygen atoms in total. The molecule has 2 N–H and O–H groups in total. The average Bonchev–Trinajstić information content (AvgIpc) is 3.03. The van der Waals surface area contributed by atoms with E-state index >= 15 is 0 Å². The van der Waals surface area contributed by atoms with Gasteiger partial charge in [-0.25, -0.2) is 4.98 Å². The maximum Gasteiger partial charge on any atom is 0.294 e. The monoisotopic (exact) mass is 360 g/mol. The molecular formula is C17H17ClN4O3. The lowest BCUT2D eigenvalue weighted by molar-refractivity contribution is 0.0918. The SMILES string of the molecule is C[C@@H](CO)NC(=O)c1cn2cc(-c3ccccc3Cl)n(C)c(=O)c2n1. The number of imidazole rings is 1. The molecule has 0 aliphatic rings. The van der Waals surface area contributed by atoms with Crippen LogP contribution >= 0.6 is 11.6 Å². The molecule has 0 bridgehead atoms. The van der Waals surface area contributed by atoms with E-state index in [1.165, 1.54) is 15.2 Å². The molecule has 1 aromatic carbocycles. The first kappa shape index (κ1) is 17.2. The van der Waals surface area contributed by atoms with Gasteiger partial charge in [0.2, 0.25) is 5.65 Å². The van der Waals surface area contributed by atoms with Gasteiger partial charge in [0.15, 0.2) is 0 Å². The number of benzene rings is 1. The van der Waals surface area contributed by atoms with Gasteiger partial charge in [0.25, 0.3) is 11.5 Å². The number of rotatable bonds is 4. The van der Waals surface area contributed by atoms with E-state index in [-0.39, 0.29) is 23.5 Å². The zero-order chi connectivity index (χ0) is 18.1. The van der Waals surface area contributed by atoms with Crippen molar-refractivity contribution in [3.8, 4) is 11.3 Å². The van der Waals surface area contributed by atoms with Crippen LogP contribution in [0.3, 0.4) is 0 Å². The Hall–Kier alpha value is -2.64. The molecule has 0 aliphatic carbocycles. The summed E-state index contributed by atoms with van der Waals surface area (Å²) in [4.78, 5) is 28.9. The highest BCUT2D eigenvalue weighted by molar-refractivity contribution is 6.33. The molecule has 1 amide bonds. The Labute approximate surface area is 148 Å². The number of carbonyl (C=O) groups is 1. The first-order chi connectivity index (χ1) is 11.9. The van der Waals surface area contributed by atoms with Gasteiger partial charge in [-0.05, 0) is 13.0 Å². The third-order valence-electron chi connectivity index (χ3n) is 3.88. The van der Waals surface area contributed by atoms with E-state index in [0.717, 1.165) is 0 Å². The van der Waals surface area contributed by atoms with Crippen molar-refractivity contribution < 1.29 is 9.90 Å². The fraction of sp³-hybridized carbons (Fsp3) is 0.235. The number of nitrogens with zero attached hydrogens (tertiary/aromatic N) is 3. The van der Waals surface area contributed by atoms with Crippen molar-refractivity contribution in [2.75, 3.05) is 6.61 Å². The zero-order valence-corrected chi connectivity index (χ0v) is 14.5. The van der Waals surface area contributed by atoms with Crippen molar-refractivity contribution in [1.29, 1.82) is 0 Å². The number of aliphatic hydroxyl groups is 1. The van der Waals surface area contributed by atoms with Crippen molar-refractivity contribution in [3.63, 3.8) is 0 Å². The van der Waals surface area contributed by atoms with Gasteiger partial charge in [-0.1, -0.05) is 29.8 Å². The number of aliphatic hydroxyl groups excluding tert-OH is 1. The molecule has 2 heterocycles. The Balaban J connectivity index is 2.12. The third-order valence-corrected chi connectivity index (χ3v) is 4.21. The van der Waals surface area contributed by atoms with E-state index in [1.54, 1.807) is 26.2 Å². The average molecular weight is 361 g/mol. The third kappa shape index (κ3) is 3.16. The summed E-state index contributed by atoms with van der Waals surface area (Å²) in [6.07, 6.45) is 3.19. The minimum absolute atomic E-state index is 0.105. The number of nitrogens with one attached hydrogen (secondary N) is 1. The van der Waals surface area contributed by atoms with Gasteiger partial charge in [0, 0.05) is 36.1 Å². The standard InChI is InChI=1S/C17H17ClN4O3/c1-10(9-23)19-16(24)13-7-22-8-14(11-5-3-4-6-12(11)18)21(2)17(25)15(22)20-13/h3-8,10,23H,9H2,1-2H3,(H,19,24)/t10-/m0/s1. The van der Waals surface area contributed by atoms with Crippen molar-refractivity contribution in [2.24, 2.45) is 7.05 Å². The Morgan fingerprint density at radius 3 is 2.76 bits per heavy atom. The molecule has 0 radical (unpaired) electrons.